The van der Waals surface area contributed by atoms with Crippen molar-refractivity contribution in [2.75, 3.05) is 12.0 Å². The van der Waals surface area contributed by atoms with Crippen molar-refractivity contribution < 1.29 is 23.1 Å². The third kappa shape index (κ3) is 8.74. The van der Waals surface area contributed by atoms with E-state index < -0.39 is 27.8 Å². The second-order valence-electron chi connectivity index (χ2n) is 4.00. The number of aliphatic carboxylic acids is 1. The standard InChI is InChI=1S/C11H19NO5S/c1-3-4-6-9(11(14)15)12-10(13)7-5-8-18(2,16)17/h3-4,9H,5-8H2,1-2H3,(H,12,13)(H,14,15)/b4-3+. The maximum atomic E-state index is 11.4. The molecule has 6 nitrogen and oxygen atoms in total. The van der Waals surface area contributed by atoms with Crippen molar-refractivity contribution in [2.24, 2.45) is 0 Å². The first kappa shape index (κ1) is 16.6. The van der Waals surface area contributed by atoms with Gasteiger partial charge >= 0.3 is 5.97 Å². The maximum Gasteiger partial charge on any atom is 0.326 e. The van der Waals surface area contributed by atoms with Crippen LogP contribution in [0.1, 0.15) is 26.2 Å². The molecule has 1 amide bonds. The number of carboxylic acids is 1. The van der Waals surface area contributed by atoms with Crippen LogP contribution in [0.15, 0.2) is 12.2 Å². The maximum absolute atomic E-state index is 11.4. The Bertz CT molecular complexity index is 413. The Kier molecular flexibility index (Phi) is 7.26. The van der Waals surface area contributed by atoms with Crippen molar-refractivity contribution >= 4 is 21.7 Å². The molecule has 0 aliphatic heterocycles. The van der Waals surface area contributed by atoms with Crippen LogP contribution in [0.2, 0.25) is 0 Å². The third-order valence-electron chi connectivity index (χ3n) is 2.16. The lowest BCUT2D eigenvalue weighted by Crippen LogP contribution is -2.40. The Balaban J connectivity index is 4.14. The quantitative estimate of drug-likeness (QED) is 0.623. The summed E-state index contributed by atoms with van der Waals surface area (Å²) in [6.07, 6.45) is 4.86. The minimum Gasteiger partial charge on any atom is -0.480 e. The summed E-state index contributed by atoms with van der Waals surface area (Å²) in [6.45, 7) is 1.76. The van der Waals surface area contributed by atoms with Gasteiger partial charge in [-0.05, 0) is 19.8 Å². The number of rotatable bonds is 8. The monoisotopic (exact) mass is 277 g/mol. The molecule has 2 N–H and O–H groups in total. The number of amides is 1. The van der Waals surface area contributed by atoms with Crippen molar-refractivity contribution in [3.8, 4) is 0 Å². The summed E-state index contributed by atoms with van der Waals surface area (Å²) in [5, 5.41) is 11.2. The van der Waals surface area contributed by atoms with E-state index in [1.54, 1.807) is 19.1 Å². The highest BCUT2D eigenvalue weighted by atomic mass is 32.2. The zero-order valence-electron chi connectivity index (χ0n) is 10.5. The summed E-state index contributed by atoms with van der Waals surface area (Å²) in [4.78, 5) is 22.2. The van der Waals surface area contributed by atoms with E-state index in [2.05, 4.69) is 5.32 Å². The number of hydrogen-bond acceptors (Lipinski definition) is 4. The van der Waals surface area contributed by atoms with Gasteiger partial charge in [-0.25, -0.2) is 13.2 Å². The highest BCUT2D eigenvalue weighted by molar-refractivity contribution is 7.90. The molecule has 18 heavy (non-hydrogen) atoms. The second kappa shape index (κ2) is 7.86. The van der Waals surface area contributed by atoms with Crippen LogP contribution in [-0.2, 0) is 19.4 Å². The zero-order chi connectivity index (χ0) is 14.2. The molecule has 0 aliphatic carbocycles. The summed E-state index contributed by atoms with van der Waals surface area (Å²) in [5.41, 5.74) is 0. The van der Waals surface area contributed by atoms with Crippen LogP contribution >= 0.6 is 0 Å². The lowest BCUT2D eigenvalue weighted by atomic mass is 10.2. The van der Waals surface area contributed by atoms with E-state index in [1.807, 2.05) is 0 Å². The van der Waals surface area contributed by atoms with Crippen molar-refractivity contribution in [1.82, 2.24) is 5.32 Å². The van der Waals surface area contributed by atoms with Gasteiger partial charge in [0.2, 0.25) is 5.91 Å². The topological polar surface area (TPSA) is 101 Å². The summed E-state index contributed by atoms with van der Waals surface area (Å²) in [6, 6.07) is -0.966. The van der Waals surface area contributed by atoms with Gasteiger partial charge in [-0.1, -0.05) is 12.2 Å². The molecule has 1 unspecified atom stereocenters. The van der Waals surface area contributed by atoms with Gasteiger partial charge in [0, 0.05) is 12.7 Å². The minimum atomic E-state index is -3.09. The van der Waals surface area contributed by atoms with Crippen LogP contribution in [0.25, 0.3) is 0 Å². The average Bonchev–Trinajstić information content (AvgIpc) is 2.21. The van der Waals surface area contributed by atoms with E-state index in [0.29, 0.717) is 0 Å². The fourth-order valence-corrected chi connectivity index (χ4v) is 1.92. The van der Waals surface area contributed by atoms with E-state index in [9.17, 15) is 18.0 Å². The van der Waals surface area contributed by atoms with Crippen LogP contribution < -0.4 is 5.32 Å². The van der Waals surface area contributed by atoms with E-state index in [4.69, 9.17) is 5.11 Å². The first-order valence-electron chi connectivity index (χ1n) is 5.57. The van der Waals surface area contributed by atoms with Crippen molar-refractivity contribution in [3.63, 3.8) is 0 Å². The van der Waals surface area contributed by atoms with Gasteiger partial charge in [-0.3, -0.25) is 4.79 Å². The van der Waals surface area contributed by atoms with Gasteiger partial charge in [0.1, 0.15) is 15.9 Å². The molecule has 0 aromatic rings. The Morgan fingerprint density at radius 2 is 2.00 bits per heavy atom. The Hall–Kier alpha value is -1.37. The molecule has 0 saturated carbocycles. The Morgan fingerprint density at radius 3 is 2.44 bits per heavy atom. The molecule has 104 valence electrons. The SMILES string of the molecule is C/C=C/CC(NC(=O)CCCS(C)(=O)=O)C(=O)O. The third-order valence-corrected chi connectivity index (χ3v) is 3.19. The number of carboxylic acid groups (broad SMARTS) is 1. The van der Waals surface area contributed by atoms with Gasteiger partial charge in [0.25, 0.3) is 0 Å². The van der Waals surface area contributed by atoms with Gasteiger partial charge < -0.3 is 10.4 Å². The van der Waals surface area contributed by atoms with Gasteiger partial charge in [-0.2, -0.15) is 0 Å². The molecule has 0 fully saturated rings. The molecule has 0 radical (unpaired) electrons. The Labute approximate surface area is 107 Å². The largest absolute Gasteiger partial charge is 0.480 e. The fraction of sp³-hybridized carbons (Fsp3) is 0.636. The molecular weight excluding hydrogens is 258 g/mol. The number of sulfone groups is 1. The lowest BCUT2D eigenvalue weighted by Gasteiger charge is -2.12. The number of nitrogens with one attached hydrogen (secondary N) is 1. The number of hydrogen-bond donors (Lipinski definition) is 2. The zero-order valence-corrected chi connectivity index (χ0v) is 11.4. The Morgan fingerprint density at radius 1 is 1.39 bits per heavy atom. The lowest BCUT2D eigenvalue weighted by molar-refractivity contribution is -0.141. The van der Waals surface area contributed by atoms with Crippen LogP contribution in [-0.4, -0.2) is 43.5 Å². The molecule has 0 rings (SSSR count). The fourth-order valence-electron chi connectivity index (χ4n) is 1.26. The van der Waals surface area contributed by atoms with Crippen LogP contribution in [0.4, 0.5) is 0 Å². The average molecular weight is 277 g/mol. The van der Waals surface area contributed by atoms with Crippen LogP contribution in [0.5, 0.6) is 0 Å². The summed E-state index contributed by atoms with van der Waals surface area (Å²) in [7, 11) is -3.09. The first-order chi connectivity index (χ1) is 8.26. The van der Waals surface area contributed by atoms with Crippen LogP contribution in [0, 0.1) is 0 Å². The predicted molar refractivity (Wildman–Crippen MR) is 67.9 cm³/mol. The molecule has 7 heteroatoms. The molecule has 0 aromatic heterocycles. The summed E-state index contributed by atoms with van der Waals surface area (Å²) in [5.74, 6) is -1.63. The van der Waals surface area contributed by atoms with E-state index in [-0.39, 0.29) is 25.0 Å². The molecule has 0 spiro atoms. The molecule has 0 aliphatic rings. The molecule has 0 aromatic carbocycles. The van der Waals surface area contributed by atoms with Gasteiger partial charge in [-0.15, -0.1) is 0 Å². The first-order valence-corrected chi connectivity index (χ1v) is 7.63. The predicted octanol–water partition coefficient (Wildman–Crippen LogP) is 0.347. The van der Waals surface area contributed by atoms with E-state index >= 15 is 0 Å². The molecule has 1 atom stereocenters. The smallest absolute Gasteiger partial charge is 0.326 e. The van der Waals surface area contributed by atoms with E-state index in [1.165, 1.54) is 0 Å². The molecular formula is C11H19NO5S. The second-order valence-corrected chi connectivity index (χ2v) is 6.26. The molecule has 0 saturated heterocycles. The molecule has 0 heterocycles. The normalized spacial score (nSPS) is 13.4. The summed E-state index contributed by atoms with van der Waals surface area (Å²) >= 11 is 0. The van der Waals surface area contributed by atoms with Crippen molar-refractivity contribution in [2.45, 2.75) is 32.2 Å². The van der Waals surface area contributed by atoms with Gasteiger partial charge in [0.05, 0.1) is 5.75 Å². The number of allylic oxidation sites excluding steroid dienone is 1. The number of carbonyl (C=O) groups is 2. The van der Waals surface area contributed by atoms with Crippen molar-refractivity contribution in [1.29, 1.82) is 0 Å². The molecule has 0 bridgehead atoms. The number of carbonyl (C=O) groups excluding carboxylic acids is 1. The van der Waals surface area contributed by atoms with Gasteiger partial charge in [0.15, 0.2) is 0 Å². The minimum absolute atomic E-state index is 0.00664. The van der Waals surface area contributed by atoms with Crippen LogP contribution in [0.3, 0.4) is 0 Å². The van der Waals surface area contributed by atoms with Crippen molar-refractivity contribution in [3.05, 3.63) is 12.2 Å². The highest BCUT2D eigenvalue weighted by Gasteiger charge is 2.18. The highest BCUT2D eigenvalue weighted by Crippen LogP contribution is 1.99. The summed E-state index contributed by atoms with van der Waals surface area (Å²) < 4.78 is 21.7. The van der Waals surface area contributed by atoms with E-state index in [0.717, 1.165) is 6.26 Å².